The molecule has 4 heteroatoms. The maximum absolute atomic E-state index is 12.4. The molecule has 1 N–H and O–H groups in total. The number of benzene rings is 1. The second kappa shape index (κ2) is 5.37. The van der Waals surface area contributed by atoms with Gasteiger partial charge in [0.25, 0.3) is 0 Å². The van der Waals surface area contributed by atoms with E-state index in [0.29, 0.717) is 6.42 Å². The molecule has 0 atom stereocenters. The normalized spacial score (nSPS) is 13.7. The van der Waals surface area contributed by atoms with Crippen LogP contribution >= 0.6 is 11.3 Å². The topological polar surface area (TPSA) is 42.0 Å². The minimum atomic E-state index is 0.159. The number of carbonyl (C=O) groups is 1. The SMILES string of the molecule is Cc1nc(CC(=O)c2ccc3c(c2)CCCN3)sc1C. The van der Waals surface area contributed by atoms with Gasteiger partial charge in [-0.3, -0.25) is 4.79 Å². The lowest BCUT2D eigenvalue weighted by atomic mass is 9.98. The number of rotatable bonds is 3. The van der Waals surface area contributed by atoms with Crippen LogP contribution < -0.4 is 5.32 Å². The van der Waals surface area contributed by atoms with E-state index in [1.807, 2.05) is 32.0 Å². The van der Waals surface area contributed by atoms with Gasteiger partial charge in [-0.05, 0) is 50.5 Å². The van der Waals surface area contributed by atoms with E-state index in [1.165, 1.54) is 16.1 Å². The van der Waals surface area contributed by atoms with Crippen molar-refractivity contribution in [3.63, 3.8) is 0 Å². The van der Waals surface area contributed by atoms with E-state index >= 15 is 0 Å². The fourth-order valence-corrected chi connectivity index (χ4v) is 3.44. The molecule has 2 heterocycles. The smallest absolute Gasteiger partial charge is 0.169 e. The predicted octanol–water partition coefficient (Wildman–Crippen LogP) is 3.54. The highest BCUT2D eigenvalue weighted by Crippen LogP contribution is 2.24. The molecule has 0 aliphatic carbocycles. The molecular formula is C16H18N2OS. The van der Waals surface area contributed by atoms with Crippen LogP contribution in [-0.2, 0) is 12.8 Å². The van der Waals surface area contributed by atoms with Gasteiger partial charge in [-0.25, -0.2) is 4.98 Å². The second-order valence-corrected chi connectivity index (χ2v) is 6.54. The van der Waals surface area contributed by atoms with Crippen molar-refractivity contribution < 1.29 is 4.79 Å². The molecule has 0 radical (unpaired) electrons. The van der Waals surface area contributed by atoms with Gasteiger partial charge in [0.1, 0.15) is 5.01 Å². The summed E-state index contributed by atoms with van der Waals surface area (Å²) in [4.78, 5) is 18.0. The van der Waals surface area contributed by atoms with Crippen LogP contribution in [0.4, 0.5) is 5.69 Å². The number of ketones is 1. The number of aryl methyl sites for hydroxylation is 3. The highest BCUT2D eigenvalue weighted by Gasteiger charge is 2.14. The maximum atomic E-state index is 12.4. The number of nitrogens with one attached hydrogen (secondary N) is 1. The number of thiazole rings is 1. The van der Waals surface area contributed by atoms with Crippen molar-refractivity contribution in [2.24, 2.45) is 0 Å². The summed E-state index contributed by atoms with van der Waals surface area (Å²) in [6.45, 7) is 5.06. The summed E-state index contributed by atoms with van der Waals surface area (Å²) in [7, 11) is 0. The van der Waals surface area contributed by atoms with Gasteiger partial charge >= 0.3 is 0 Å². The van der Waals surface area contributed by atoms with Crippen molar-refractivity contribution in [3.05, 3.63) is 44.9 Å². The van der Waals surface area contributed by atoms with Crippen molar-refractivity contribution in [2.75, 3.05) is 11.9 Å². The Kier molecular flexibility index (Phi) is 3.57. The number of hydrogen-bond donors (Lipinski definition) is 1. The fraction of sp³-hybridized carbons (Fsp3) is 0.375. The van der Waals surface area contributed by atoms with Crippen LogP contribution in [0, 0.1) is 13.8 Å². The van der Waals surface area contributed by atoms with Gasteiger partial charge in [-0.1, -0.05) is 0 Å². The first-order chi connectivity index (χ1) is 9.63. The zero-order valence-corrected chi connectivity index (χ0v) is 12.6. The molecule has 2 aromatic rings. The number of carbonyl (C=O) groups excluding carboxylic acids is 1. The molecule has 0 amide bonds. The molecule has 0 saturated heterocycles. The number of anilines is 1. The first-order valence-electron chi connectivity index (χ1n) is 6.96. The third kappa shape index (κ3) is 2.61. The number of nitrogens with zero attached hydrogens (tertiary/aromatic N) is 1. The Labute approximate surface area is 123 Å². The Bertz CT molecular complexity index is 641. The lowest BCUT2D eigenvalue weighted by molar-refractivity contribution is 0.0993. The van der Waals surface area contributed by atoms with E-state index in [1.54, 1.807) is 11.3 Å². The van der Waals surface area contributed by atoms with Gasteiger partial charge in [-0.2, -0.15) is 0 Å². The average molecular weight is 286 g/mol. The Balaban J connectivity index is 1.80. The number of hydrogen-bond acceptors (Lipinski definition) is 4. The number of fused-ring (bicyclic) bond motifs is 1. The van der Waals surface area contributed by atoms with E-state index in [0.717, 1.165) is 35.7 Å². The zero-order valence-electron chi connectivity index (χ0n) is 11.8. The molecule has 1 aliphatic rings. The first kappa shape index (κ1) is 13.3. The summed E-state index contributed by atoms with van der Waals surface area (Å²) >= 11 is 1.62. The first-order valence-corrected chi connectivity index (χ1v) is 7.78. The Morgan fingerprint density at radius 2 is 2.25 bits per heavy atom. The van der Waals surface area contributed by atoms with Crippen LogP contribution in [0.2, 0.25) is 0 Å². The van der Waals surface area contributed by atoms with Crippen molar-refractivity contribution in [1.29, 1.82) is 0 Å². The van der Waals surface area contributed by atoms with Crippen LogP contribution in [0.3, 0.4) is 0 Å². The zero-order chi connectivity index (χ0) is 14.1. The fourth-order valence-electron chi connectivity index (χ4n) is 2.50. The molecule has 0 saturated carbocycles. The minimum absolute atomic E-state index is 0.159. The molecule has 0 unspecified atom stereocenters. The Morgan fingerprint density at radius 3 is 3.00 bits per heavy atom. The third-order valence-electron chi connectivity index (χ3n) is 3.75. The van der Waals surface area contributed by atoms with Gasteiger partial charge in [0.15, 0.2) is 5.78 Å². The quantitative estimate of drug-likeness (QED) is 0.877. The van der Waals surface area contributed by atoms with E-state index in [9.17, 15) is 4.79 Å². The van der Waals surface area contributed by atoms with Gasteiger partial charge < -0.3 is 5.32 Å². The van der Waals surface area contributed by atoms with Crippen LogP contribution in [0.5, 0.6) is 0 Å². The number of aromatic nitrogens is 1. The molecule has 1 aromatic carbocycles. The summed E-state index contributed by atoms with van der Waals surface area (Å²) in [5.41, 5.74) is 4.27. The van der Waals surface area contributed by atoms with Crippen LogP contribution in [0.25, 0.3) is 0 Å². The molecule has 0 bridgehead atoms. The van der Waals surface area contributed by atoms with Gasteiger partial charge in [-0.15, -0.1) is 11.3 Å². The lowest BCUT2D eigenvalue weighted by Gasteiger charge is -2.18. The molecule has 1 aromatic heterocycles. The van der Waals surface area contributed by atoms with E-state index in [4.69, 9.17) is 0 Å². The van der Waals surface area contributed by atoms with Crippen LogP contribution in [-0.4, -0.2) is 17.3 Å². The lowest BCUT2D eigenvalue weighted by Crippen LogP contribution is -2.13. The summed E-state index contributed by atoms with van der Waals surface area (Å²) in [6.07, 6.45) is 2.60. The monoisotopic (exact) mass is 286 g/mol. The minimum Gasteiger partial charge on any atom is -0.385 e. The molecule has 1 aliphatic heterocycles. The highest BCUT2D eigenvalue weighted by molar-refractivity contribution is 7.11. The maximum Gasteiger partial charge on any atom is 0.169 e. The van der Waals surface area contributed by atoms with Crippen molar-refractivity contribution in [2.45, 2.75) is 33.1 Å². The van der Waals surface area contributed by atoms with E-state index in [-0.39, 0.29) is 5.78 Å². The summed E-state index contributed by atoms with van der Waals surface area (Å²) in [6, 6.07) is 5.99. The van der Waals surface area contributed by atoms with Crippen molar-refractivity contribution >= 4 is 22.8 Å². The summed E-state index contributed by atoms with van der Waals surface area (Å²) in [5, 5.41) is 4.29. The van der Waals surface area contributed by atoms with Gasteiger partial charge in [0.2, 0.25) is 0 Å². The predicted molar refractivity (Wildman–Crippen MR) is 82.9 cm³/mol. The van der Waals surface area contributed by atoms with Crippen LogP contribution in [0.1, 0.15) is 37.9 Å². The van der Waals surface area contributed by atoms with Crippen molar-refractivity contribution in [1.82, 2.24) is 4.98 Å². The van der Waals surface area contributed by atoms with Gasteiger partial charge in [0, 0.05) is 22.7 Å². The average Bonchev–Trinajstić information content (AvgIpc) is 2.76. The third-order valence-corrected chi connectivity index (χ3v) is 4.82. The van der Waals surface area contributed by atoms with Gasteiger partial charge in [0.05, 0.1) is 12.1 Å². The molecular weight excluding hydrogens is 268 g/mol. The largest absolute Gasteiger partial charge is 0.385 e. The number of Topliss-reactive ketones (excluding diaryl/α,β-unsaturated/α-hetero) is 1. The molecule has 0 spiro atoms. The van der Waals surface area contributed by atoms with E-state index in [2.05, 4.69) is 10.3 Å². The standard InChI is InChI=1S/C16H18N2OS/c1-10-11(2)20-16(18-10)9-15(19)13-5-6-14-12(8-13)4-3-7-17-14/h5-6,8,17H,3-4,7,9H2,1-2H3. The van der Waals surface area contributed by atoms with Crippen molar-refractivity contribution in [3.8, 4) is 0 Å². The molecule has 0 fully saturated rings. The summed E-state index contributed by atoms with van der Waals surface area (Å²) < 4.78 is 0. The molecule has 20 heavy (non-hydrogen) atoms. The molecule has 3 rings (SSSR count). The molecule has 3 nitrogen and oxygen atoms in total. The second-order valence-electron chi connectivity index (χ2n) is 5.25. The van der Waals surface area contributed by atoms with E-state index < -0.39 is 0 Å². The Hall–Kier alpha value is -1.68. The molecule has 104 valence electrons. The highest BCUT2D eigenvalue weighted by atomic mass is 32.1. The Morgan fingerprint density at radius 1 is 1.40 bits per heavy atom. The van der Waals surface area contributed by atoms with Crippen LogP contribution in [0.15, 0.2) is 18.2 Å². The summed E-state index contributed by atoms with van der Waals surface area (Å²) in [5.74, 6) is 0.159.